The molecule has 0 aliphatic heterocycles. The van der Waals surface area contributed by atoms with Crippen LogP contribution in [0.15, 0.2) is 12.1 Å². The predicted molar refractivity (Wildman–Crippen MR) is 54.6 cm³/mol. The van der Waals surface area contributed by atoms with Crippen LogP contribution in [0, 0.1) is 43.4 Å². The second kappa shape index (κ2) is 3.94. The highest BCUT2D eigenvalue weighted by molar-refractivity contribution is 5.43. The zero-order valence-electron chi connectivity index (χ0n) is 8.63. The van der Waals surface area contributed by atoms with Crippen LogP contribution in [-0.4, -0.2) is 0 Å². The maximum Gasteiger partial charge on any atom is 0.158 e. The van der Waals surface area contributed by atoms with Gasteiger partial charge in [-0.2, -0.15) is 10.5 Å². The van der Waals surface area contributed by atoms with Gasteiger partial charge in [0, 0.05) is 0 Å². The Morgan fingerprint density at radius 1 is 0.929 bits per heavy atom. The molecule has 0 amide bonds. The Labute approximate surface area is 84.4 Å². The van der Waals surface area contributed by atoms with Crippen LogP contribution in [0.1, 0.15) is 28.2 Å². The normalized spacial score (nSPS) is 9.57. The van der Waals surface area contributed by atoms with Crippen molar-refractivity contribution in [3.63, 3.8) is 0 Å². The summed E-state index contributed by atoms with van der Waals surface area (Å²) in [6.07, 6.45) is 0. The standard InChI is InChI=1S/C12H12N2/c1-8-4-10(3)12(5-9(8)2)11(6-13)7-14/h4-5,11H,1-3H3. The molecule has 0 bridgehead atoms. The van der Waals surface area contributed by atoms with Crippen LogP contribution >= 0.6 is 0 Å². The summed E-state index contributed by atoms with van der Waals surface area (Å²) in [5, 5.41) is 17.6. The van der Waals surface area contributed by atoms with Crippen molar-refractivity contribution in [2.45, 2.75) is 26.7 Å². The van der Waals surface area contributed by atoms with Crippen LogP contribution < -0.4 is 0 Å². The molecule has 0 saturated heterocycles. The van der Waals surface area contributed by atoms with Crippen LogP contribution in [0.25, 0.3) is 0 Å². The molecule has 0 saturated carbocycles. The van der Waals surface area contributed by atoms with E-state index in [1.165, 1.54) is 5.56 Å². The van der Waals surface area contributed by atoms with Crippen molar-refractivity contribution in [2.24, 2.45) is 0 Å². The average Bonchev–Trinajstić information content (AvgIpc) is 2.15. The molecular formula is C12H12N2. The fraction of sp³-hybridized carbons (Fsp3) is 0.333. The lowest BCUT2D eigenvalue weighted by molar-refractivity contribution is 1.06. The second-order valence-electron chi connectivity index (χ2n) is 3.48. The van der Waals surface area contributed by atoms with Gasteiger partial charge in [0.05, 0.1) is 12.1 Å². The quantitative estimate of drug-likeness (QED) is 0.673. The predicted octanol–water partition coefficient (Wildman–Crippen LogP) is 2.74. The third-order valence-electron chi connectivity index (χ3n) is 2.45. The van der Waals surface area contributed by atoms with Crippen LogP contribution in [0.2, 0.25) is 0 Å². The molecule has 0 aromatic heterocycles. The average molecular weight is 184 g/mol. The van der Waals surface area contributed by atoms with E-state index in [0.717, 1.165) is 16.7 Å². The highest BCUT2D eigenvalue weighted by atomic mass is 14.3. The van der Waals surface area contributed by atoms with E-state index in [2.05, 4.69) is 0 Å². The van der Waals surface area contributed by atoms with E-state index in [4.69, 9.17) is 10.5 Å². The van der Waals surface area contributed by atoms with E-state index in [-0.39, 0.29) is 0 Å². The second-order valence-corrected chi connectivity index (χ2v) is 3.48. The molecule has 0 aliphatic carbocycles. The number of aryl methyl sites for hydroxylation is 3. The Kier molecular flexibility index (Phi) is 2.89. The van der Waals surface area contributed by atoms with E-state index in [1.54, 1.807) is 0 Å². The van der Waals surface area contributed by atoms with E-state index < -0.39 is 5.92 Å². The molecule has 0 heterocycles. The molecule has 1 aromatic rings. The van der Waals surface area contributed by atoms with Crippen molar-refractivity contribution in [1.29, 1.82) is 10.5 Å². The Hall–Kier alpha value is -1.80. The molecule has 0 fully saturated rings. The van der Waals surface area contributed by atoms with Crippen molar-refractivity contribution < 1.29 is 0 Å². The smallest absolute Gasteiger partial charge is 0.158 e. The molecule has 14 heavy (non-hydrogen) atoms. The minimum Gasteiger partial charge on any atom is -0.196 e. The van der Waals surface area contributed by atoms with Gasteiger partial charge in [-0.25, -0.2) is 0 Å². The van der Waals surface area contributed by atoms with Crippen molar-refractivity contribution in [3.05, 3.63) is 34.4 Å². The number of hydrogen-bond acceptors (Lipinski definition) is 2. The first-order chi connectivity index (χ1) is 6.60. The fourth-order valence-electron chi connectivity index (χ4n) is 1.46. The SMILES string of the molecule is Cc1cc(C)c(C(C#N)C#N)cc1C. The number of benzene rings is 1. The first-order valence-corrected chi connectivity index (χ1v) is 4.47. The van der Waals surface area contributed by atoms with Gasteiger partial charge >= 0.3 is 0 Å². The van der Waals surface area contributed by atoms with E-state index in [0.29, 0.717) is 0 Å². The zero-order valence-corrected chi connectivity index (χ0v) is 8.63. The molecule has 1 aromatic carbocycles. The molecule has 2 heteroatoms. The van der Waals surface area contributed by atoms with Gasteiger partial charge in [-0.3, -0.25) is 0 Å². The lowest BCUT2D eigenvalue weighted by Crippen LogP contribution is -1.97. The minimum atomic E-state index is -0.644. The third kappa shape index (κ3) is 1.75. The Morgan fingerprint density at radius 2 is 1.43 bits per heavy atom. The van der Waals surface area contributed by atoms with Gasteiger partial charge in [0.25, 0.3) is 0 Å². The largest absolute Gasteiger partial charge is 0.196 e. The summed E-state index contributed by atoms with van der Waals surface area (Å²) in [7, 11) is 0. The molecule has 0 atom stereocenters. The molecule has 2 nitrogen and oxygen atoms in total. The van der Waals surface area contributed by atoms with E-state index in [9.17, 15) is 0 Å². The van der Waals surface area contributed by atoms with Gasteiger partial charge in [0.2, 0.25) is 0 Å². The van der Waals surface area contributed by atoms with Gasteiger partial charge in [0.15, 0.2) is 5.92 Å². The molecule has 0 spiro atoms. The van der Waals surface area contributed by atoms with Gasteiger partial charge in [-0.05, 0) is 43.0 Å². The molecular weight excluding hydrogens is 172 g/mol. The summed E-state index contributed by atoms with van der Waals surface area (Å²) in [6, 6.07) is 7.94. The van der Waals surface area contributed by atoms with Gasteiger partial charge < -0.3 is 0 Å². The van der Waals surface area contributed by atoms with Crippen LogP contribution in [0.4, 0.5) is 0 Å². The lowest BCUT2D eigenvalue weighted by atomic mass is 9.93. The first kappa shape index (κ1) is 10.3. The van der Waals surface area contributed by atoms with E-state index in [1.807, 2.05) is 45.0 Å². The van der Waals surface area contributed by atoms with Crippen LogP contribution in [0.5, 0.6) is 0 Å². The summed E-state index contributed by atoms with van der Waals surface area (Å²) >= 11 is 0. The molecule has 0 aliphatic rings. The molecule has 70 valence electrons. The Balaban J connectivity index is 3.31. The van der Waals surface area contributed by atoms with Crippen molar-refractivity contribution >= 4 is 0 Å². The van der Waals surface area contributed by atoms with Crippen molar-refractivity contribution in [3.8, 4) is 12.1 Å². The lowest BCUT2D eigenvalue weighted by Gasteiger charge is -2.09. The number of nitriles is 2. The summed E-state index contributed by atoms with van der Waals surface area (Å²) in [5.74, 6) is -0.644. The zero-order chi connectivity index (χ0) is 10.7. The van der Waals surface area contributed by atoms with Gasteiger partial charge in [-0.1, -0.05) is 12.1 Å². The summed E-state index contributed by atoms with van der Waals surface area (Å²) in [4.78, 5) is 0. The van der Waals surface area contributed by atoms with E-state index >= 15 is 0 Å². The van der Waals surface area contributed by atoms with Crippen molar-refractivity contribution in [1.82, 2.24) is 0 Å². The molecule has 0 N–H and O–H groups in total. The minimum absolute atomic E-state index is 0.644. The summed E-state index contributed by atoms with van der Waals surface area (Å²) in [6.45, 7) is 5.95. The third-order valence-corrected chi connectivity index (χ3v) is 2.45. The topological polar surface area (TPSA) is 47.6 Å². The monoisotopic (exact) mass is 184 g/mol. The number of rotatable bonds is 1. The Morgan fingerprint density at radius 3 is 1.93 bits per heavy atom. The summed E-state index contributed by atoms with van der Waals surface area (Å²) in [5.41, 5.74) is 4.17. The fourth-order valence-corrected chi connectivity index (χ4v) is 1.46. The maximum absolute atomic E-state index is 8.79. The van der Waals surface area contributed by atoms with Gasteiger partial charge in [-0.15, -0.1) is 0 Å². The molecule has 0 unspecified atom stereocenters. The van der Waals surface area contributed by atoms with Gasteiger partial charge in [0.1, 0.15) is 0 Å². The number of hydrogen-bond donors (Lipinski definition) is 0. The molecule has 1 rings (SSSR count). The first-order valence-electron chi connectivity index (χ1n) is 4.47. The maximum atomic E-state index is 8.79. The highest BCUT2D eigenvalue weighted by Gasteiger charge is 2.12. The van der Waals surface area contributed by atoms with Crippen molar-refractivity contribution in [2.75, 3.05) is 0 Å². The number of nitrogens with zero attached hydrogens (tertiary/aromatic N) is 2. The highest BCUT2D eigenvalue weighted by Crippen LogP contribution is 2.22. The van der Waals surface area contributed by atoms with Crippen LogP contribution in [-0.2, 0) is 0 Å². The van der Waals surface area contributed by atoms with Crippen LogP contribution in [0.3, 0.4) is 0 Å². The Bertz CT molecular complexity index is 419. The summed E-state index contributed by atoms with van der Waals surface area (Å²) < 4.78 is 0. The molecule has 0 radical (unpaired) electrons.